The highest BCUT2D eigenvalue weighted by molar-refractivity contribution is 6.58. The molecule has 0 aliphatic rings. The van der Waals surface area contributed by atoms with E-state index in [0.29, 0.717) is 18.0 Å². The molecule has 0 fully saturated rings. The van der Waals surface area contributed by atoms with Gasteiger partial charge in [0.15, 0.2) is 0 Å². The second kappa shape index (κ2) is 6.68. The van der Waals surface area contributed by atoms with Gasteiger partial charge in [0.25, 0.3) is 0 Å². The van der Waals surface area contributed by atoms with Gasteiger partial charge in [0, 0.05) is 6.61 Å². The molecule has 0 saturated heterocycles. The largest absolute Gasteiger partial charge is 0.488 e. The standard InChI is InChI=1S/C12H19BO3/c1-10(2)6-7-16-9-11-4-3-5-12(8-11)13(14)15/h3-5,8,10,14-15H,6-7,9H2,1-2H3. The van der Waals surface area contributed by atoms with E-state index in [1.807, 2.05) is 6.07 Å². The van der Waals surface area contributed by atoms with Crippen LogP contribution < -0.4 is 5.46 Å². The summed E-state index contributed by atoms with van der Waals surface area (Å²) in [4.78, 5) is 0. The first-order valence-corrected chi connectivity index (χ1v) is 5.62. The molecule has 0 saturated carbocycles. The van der Waals surface area contributed by atoms with E-state index >= 15 is 0 Å². The van der Waals surface area contributed by atoms with E-state index in [1.54, 1.807) is 18.2 Å². The van der Waals surface area contributed by atoms with Gasteiger partial charge >= 0.3 is 7.12 Å². The predicted octanol–water partition coefficient (Wildman–Crippen LogP) is 0.929. The summed E-state index contributed by atoms with van der Waals surface area (Å²) in [7, 11) is -1.41. The molecule has 4 heteroatoms. The molecule has 88 valence electrons. The molecule has 1 aromatic carbocycles. The van der Waals surface area contributed by atoms with Crippen molar-refractivity contribution in [3.8, 4) is 0 Å². The van der Waals surface area contributed by atoms with E-state index in [0.717, 1.165) is 18.6 Å². The topological polar surface area (TPSA) is 49.7 Å². The van der Waals surface area contributed by atoms with Crippen LogP contribution in [0.15, 0.2) is 24.3 Å². The molecule has 1 aromatic rings. The highest BCUT2D eigenvalue weighted by Gasteiger charge is 2.10. The Balaban J connectivity index is 2.39. The van der Waals surface area contributed by atoms with Gasteiger partial charge in [-0.3, -0.25) is 0 Å². The Labute approximate surface area is 97.2 Å². The Bertz CT molecular complexity index is 313. The maximum Gasteiger partial charge on any atom is 0.488 e. The Morgan fingerprint density at radius 1 is 1.31 bits per heavy atom. The van der Waals surface area contributed by atoms with Crippen LogP contribution in [0.4, 0.5) is 0 Å². The van der Waals surface area contributed by atoms with E-state index in [1.165, 1.54) is 0 Å². The minimum atomic E-state index is -1.41. The fourth-order valence-corrected chi connectivity index (χ4v) is 1.35. The Morgan fingerprint density at radius 2 is 2.06 bits per heavy atom. The summed E-state index contributed by atoms with van der Waals surface area (Å²) in [5, 5.41) is 18.0. The van der Waals surface area contributed by atoms with E-state index in [2.05, 4.69) is 13.8 Å². The van der Waals surface area contributed by atoms with Gasteiger partial charge in [-0.25, -0.2) is 0 Å². The van der Waals surface area contributed by atoms with E-state index < -0.39 is 7.12 Å². The summed E-state index contributed by atoms with van der Waals surface area (Å²) in [6, 6.07) is 7.15. The van der Waals surface area contributed by atoms with Crippen molar-refractivity contribution in [1.29, 1.82) is 0 Å². The fraction of sp³-hybridized carbons (Fsp3) is 0.500. The lowest BCUT2D eigenvalue weighted by atomic mass is 9.80. The average Bonchev–Trinajstić information content (AvgIpc) is 2.24. The van der Waals surface area contributed by atoms with Crippen molar-refractivity contribution in [3.63, 3.8) is 0 Å². The van der Waals surface area contributed by atoms with Crippen molar-refractivity contribution in [3.05, 3.63) is 29.8 Å². The molecule has 1 rings (SSSR count). The Morgan fingerprint density at radius 3 is 2.69 bits per heavy atom. The Kier molecular flexibility index (Phi) is 5.53. The van der Waals surface area contributed by atoms with Gasteiger partial charge < -0.3 is 14.8 Å². The zero-order valence-electron chi connectivity index (χ0n) is 9.89. The summed E-state index contributed by atoms with van der Waals surface area (Å²) in [5.41, 5.74) is 1.47. The predicted molar refractivity (Wildman–Crippen MR) is 65.4 cm³/mol. The highest BCUT2D eigenvalue weighted by Crippen LogP contribution is 2.03. The highest BCUT2D eigenvalue weighted by atomic mass is 16.5. The van der Waals surface area contributed by atoms with Crippen molar-refractivity contribution in [2.75, 3.05) is 6.61 Å². The molecule has 3 nitrogen and oxygen atoms in total. The lowest BCUT2D eigenvalue weighted by molar-refractivity contribution is 0.111. The quantitative estimate of drug-likeness (QED) is 0.556. The average molecular weight is 222 g/mol. The molecule has 0 amide bonds. The third kappa shape index (κ3) is 4.79. The van der Waals surface area contributed by atoms with Gasteiger partial charge in [0.05, 0.1) is 6.61 Å². The smallest absolute Gasteiger partial charge is 0.423 e. The maximum absolute atomic E-state index is 9.01. The summed E-state index contributed by atoms with van der Waals surface area (Å²) < 4.78 is 5.50. The van der Waals surface area contributed by atoms with Gasteiger partial charge in [-0.15, -0.1) is 0 Å². The molecule has 0 bridgehead atoms. The molecular formula is C12H19BO3. The van der Waals surface area contributed by atoms with Crippen LogP contribution in [0.1, 0.15) is 25.8 Å². The van der Waals surface area contributed by atoms with Crippen LogP contribution in [0.25, 0.3) is 0 Å². The number of rotatable bonds is 6. The second-order valence-electron chi connectivity index (χ2n) is 4.35. The van der Waals surface area contributed by atoms with Gasteiger partial charge in [0.2, 0.25) is 0 Å². The van der Waals surface area contributed by atoms with E-state index in [9.17, 15) is 0 Å². The Hall–Kier alpha value is -0.835. The third-order valence-corrected chi connectivity index (χ3v) is 2.36. The van der Waals surface area contributed by atoms with Crippen LogP contribution in [0.3, 0.4) is 0 Å². The molecule has 0 spiro atoms. The zero-order valence-corrected chi connectivity index (χ0v) is 9.89. The fourth-order valence-electron chi connectivity index (χ4n) is 1.35. The molecule has 16 heavy (non-hydrogen) atoms. The van der Waals surface area contributed by atoms with Crippen LogP contribution in [-0.4, -0.2) is 23.8 Å². The number of hydrogen-bond donors (Lipinski definition) is 2. The maximum atomic E-state index is 9.01. The lowest BCUT2D eigenvalue weighted by Crippen LogP contribution is -2.29. The molecule has 0 heterocycles. The zero-order chi connectivity index (χ0) is 12.0. The first-order chi connectivity index (χ1) is 7.59. The summed E-state index contributed by atoms with van der Waals surface area (Å²) in [5.74, 6) is 0.644. The molecule has 0 aliphatic heterocycles. The number of ether oxygens (including phenoxy) is 1. The van der Waals surface area contributed by atoms with Crippen LogP contribution in [0.5, 0.6) is 0 Å². The molecule has 0 aromatic heterocycles. The first kappa shape index (κ1) is 13.2. The molecule has 0 aliphatic carbocycles. The van der Waals surface area contributed by atoms with Crippen LogP contribution >= 0.6 is 0 Å². The van der Waals surface area contributed by atoms with Crippen molar-refractivity contribution in [2.45, 2.75) is 26.9 Å². The van der Waals surface area contributed by atoms with E-state index in [-0.39, 0.29) is 0 Å². The first-order valence-electron chi connectivity index (χ1n) is 5.62. The van der Waals surface area contributed by atoms with Crippen molar-refractivity contribution < 1.29 is 14.8 Å². The van der Waals surface area contributed by atoms with Crippen LogP contribution in [-0.2, 0) is 11.3 Å². The number of benzene rings is 1. The summed E-state index contributed by atoms with van der Waals surface area (Å²) >= 11 is 0. The van der Waals surface area contributed by atoms with Gasteiger partial charge in [0.1, 0.15) is 0 Å². The SMILES string of the molecule is CC(C)CCOCc1cccc(B(O)O)c1. The van der Waals surface area contributed by atoms with Gasteiger partial charge in [-0.05, 0) is 23.4 Å². The van der Waals surface area contributed by atoms with Gasteiger partial charge in [-0.1, -0.05) is 38.1 Å². The van der Waals surface area contributed by atoms with Gasteiger partial charge in [-0.2, -0.15) is 0 Å². The van der Waals surface area contributed by atoms with Crippen LogP contribution in [0.2, 0.25) is 0 Å². The second-order valence-corrected chi connectivity index (χ2v) is 4.35. The van der Waals surface area contributed by atoms with Crippen LogP contribution in [0, 0.1) is 5.92 Å². The van der Waals surface area contributed by atoms with E-state index in [4.69, 9.17) is 14.8 Å². The summed E-state index contributed by atoms with van der Waals surface area (Å²) in [6.45, 7) is 5.58. The summed E-state index contributed by atoms with van der Waals surface area (Å²) in [6.07, 6.45) is 1.04. The van der Waals surface area contributed by atoms with Crippen molar-refractivity contribution in [2.24, 2.45) is 5.92 Å². The third-order valence-electron chi connectivity index (χ3n) is 2.36. The van der Waals surface area contributed by atoms with Crippen molar-refractivity contribution in [1.82, 2.24) is 0 Å². The molecule has 0 unspecified atom stereocenters. The van der Waals surface area contributed by atoms with Crippen molar-refractivity contribution >= 4 is 12.6 Å². The minimum Gasteiger partial charge on any atom is -0.423 e. The minimum absolute atomic E-state index is 0.505. The molecule has 0 radical (unpaired) electrons. The molecule has 2 N–H and O–H groups in total. The molecule has 0 atom stereocenters. The lowest BCUT2D eigenvalue weighted by Gasteiger charge is -2.07. The number of hydrogen-bond acceptors (Lipinski definition) is 3. The monoisotopic (exact) mass is 222 g/mol. The molecular weight excluding hydrogens is 203 g/mol. The normalized spacial score (nSPS) is 10.8.